The van der Waals surface area contributed by atoms with Crippen LogP contribution >= 0.6 is 0 Å². The Balaban J connectivity index is 1.92. The lowest BCUT2D eigenvalue weighted by atomic mass is 10.1. The van der Waals surface area contributed by atoms with Gasteiger partial charge in [-0.15, -0.1) is 0 Å². The van der Waals surface area contributed by atoms with E-state index >= 15 is 0 Å². The second-order valence-corrected chi connectivity index (χ2v) is 6.89. The normalized spacial score (nSPS) is 11.1. The van der Waals surface area contributed by atoms with Crippen molar-refractivity contribution in [2.75, 3.05) is 5.32 Å². The average molecular weight is 360 g/mol. The van der Waals surface area contributed by atoms with Gasteiger partial charge >= 0.3 is 0 Å². The molecule has 136 valence electrons. The van der Waals surface area contributed by atoms with Crippen LogP contribution in [-0.4, -0.2) is 14.5 Å². The van der Waals surface area contributed by atoms with Crippen LogP contribution in [0.15, 0.2) is 48.8 Å². The van der Waals surface area contributed by atoms with Gasteiger partial charge in [0, 0.05) is 11.4 Å². The zero-order chi connectivity index (χ0) is 19.1. The zero-order valence-corrected chi connectivity index (χ0v) is 15.8. The number of nitrogens with zero attached hydrogens (tertiary/aromatic N) is 3. The maximum atomic E-state index is 13.8. The van der Waals surface area contributed by atoms with Gasteiger partial charge in [0.25, 0.3) is 0 Å². The third kappa shape index (κ3) is 2.95. The monoisotopic (exact) mass is 360 g/mol. The summed E-state index contributed by atoms with van der Waals surface area (Å²) >= 11 is 0. The Labute approximate surface area is 157 Å². The number of hydrogen-bond acceptors (Lipinski definition) is 3. The summed E-state index contributed by atoms with van der Waals surface area (Å²) in [6, 6.07) is 12.8. The molecule has 0 bridgehead atoms. The molecule has 0 fully saturated rings. The largest absolute Gasteiger partial charge is 0.339 e. The van der Waals surface area contributed by atoms with E-state index in [0.717, 1.165) is 45.0 Å². The fraction of sp³-hybridized carbons (Fsp3) is 0.182. The van der Waals surface area contributed by atoms with Gasteiger partial charge in [0.2, 0.25) is 0 Å². The number of halogens is 1. The Morgan fingerprint density at radius 2 is 1.78 bits per heavy atom. The Morgan fingerprint density at radius 3 is 2.56 bits per heavy atom. The molecule has 4 rings (SSSR count). The average Bonchev–Trinajstić information content (AvgIpc) is 2.90. The fourth-order valence-corrected chi connectivity index (χ4v) is 3.42. The van der Waals surface area contributed by atoms with Gasteiger partial charge in [0.05, 0.1) is 11.1 Å². The fourth-order valence-electron chi connectivity index (χ4n) is 3.42. The third-order valence-electron chi connectivity index (χ3n) is 5.00. The number of benzene rings is 2. The van der Waals surface area contributed by atoms with Crippen molar-refractivity contribution >= 4 is 22.5 Å². The molecule has 2 aromatic carbocycles. The number of fused-ring (bicyclic) bond motifs is 1. The molecule has 0 saturated heterocycles. The summed E-state index contributed by atoms with van der Waals surface area (Å²) in [4.78, 5) is 8.99. The molecule has 27 heavy (non-hydrogen) atoms. The van der Waals surface area contributed by atoms with Crippen LogP contribution < -0.4 is 5.32 Å². The van der Waals surface area contributed by atoms with Crippen LogP contribution in [0.4, 0.5) is 15.9 Å². The second-order valence-electron chi connectivity index (χ2n) is 6.89. The van der Waals surface area contributed by atoms with Crippen molar-refractivity contribution in [2.24, 2.45) is 0 Å². The number of nitrogens with one attached hydrogen (secondary N) is 1. The highest BCUT2D eigenvalue weighted by Crippen LogP contribution is 2.33. The van der Waals surface area contributed by atoms with Crippen molar-refractivity contribution in [3.05, 3.63) is 77.0 Å². The van der Waals surface area contributed by atoms with E-state index in [1.54, 1.807) is 12.4 Å². The van der Waals surface area contributed by atoms with Crippen molar-refractivity contribution < 1.29 is 4.39 Å². The standard InChI is InChI=1S/C22H21FN4/c1-13-8-9-14(2)19(10-13)26-21-20-15(3)16(4)27(22(20)25-12-24-21)18-7-5-6-17(23)11-18/h5-12H,1-4H3,(H,24,25,26). The Kier molecular flexibility index (Phi) is 4.15. The smallest absolute Gasteiger partial charge is 0.150 e. The van der Waals surface area contributed by atoms with E-state index in [0.29, 0.717) is 0 Å². The molecule has 0 aliphatic heterocycles. The summed E-state index contributed by atoms with van der Waals surface area (Å²) in [6.07, 6.45) is 1.55. The minimum atomic E-state index is -0.269. The van der Waals surface area contributed by atoms with Crippen molar-refractivity contribution in [3.8, 4) is 5.69 Å². The molecule has 0 aliphatic carbocycles. The lowest BCUT2D eigenvalue weighted by molar-refractivity contribution is 0.626. The molecule has 0 amide bonds. The molecule has 4 nitrogen and oxygen atoms in total. The maximum Gasteiger partial charge on any atom is 0.150 e. The van der Waals surface area contributed by atoms with Crippen LogP contribution in [-0.2, 0) is 0 Å². The molecule has 2 aromatic heterocycles. The first-order valence-electron chi connectivity index (χ1n) is 8.88. The first-order chi connectivity index (χ1) is 13.0. The number of aryl methyl sites for hydroxylation is 3. The van der Waals surface area contributed by atoms with Gasteiger partial charge in [-0.2, -0.15) is 0 Å². The molecule has 0 saturated carbocycles. The summed E-state index contributed by atoms with van der Waals surface area (Å²) in [6.45, 7) is 8.20. The number of anilines is 2. The predicted molar refractivity (Wildman–Crippen MR) is 107 cm³/mol. The molecule has 2 heterocycles. The number of hydrogen-bond donors (Lipinski definition) is 1. The van der Waals surface area contributed by atoms with E-state index in [-0.39, 0.29) is 5.82 Å². The van der Waals surface area contributed by atoms with Crippen molar-refractivity contribution in [3.63, 3.8) is 0 Å². The van der Waals surface area contributed by atoms with E-state index in [9.17, 15) is 4.39 Å². The van der Waals surface area contributed by atoms with Gasteiger partial charge in [-0.05, 0) is 68.7 Å². The third-order valence-corrected chi connectivity index (χ3v) is 5.00. The van der Waals surface area contributed by atoms with Crippen LogP contribution in [0.2, 0.25) is 0 Å². The molecule has 0 unspecified atom stereocenters. The van der Waals surface area contributed by atoms with Crippen LogP contribution in [0.3, 0.4) is 0 Å². The second kappa shape index (κ2) is 6.50. The van der Waals surface area contributed by atoms with Crippen LogP contribution in [0.5, 0.6) is 0 Å². The lowest BCUT2D eigenvalue weighted by Crippen LogP contribution is -2.00. The van der Waals surface area contributed by atoms with E-state index < -0.39 is 0 Å². The maximum absolute atomic E-state index is 13.8. The Hall–Kier alpha value is -3.21. The van der Waals surface area contributed by atoms with Gasteiger partial charge in [-0.3, -0.25) is 4.57 Å². The molecule has 5 heteroatoms. The van der Waals surface area contributed by atoms with E-state index in [2.05, 4.69) is 47.3 Å². The minimum Gasteiger partial charge on any atom is -0.339 e. The minimum absolute atomic E-state index is 0.269. The topological polar surface area (TPSA) is 42.7 Å². The molecule has 0 aliphatic rings. The van der Waals surface area contributed by atoms with Gasteiger partial charge in [-0.1, -0.05) is 18.2 Å². The van der Waals surface area contributed by atoms with E-state index in [1.807, 2.05) is 24.5 Å². The molecular weight excluding hydrogens is 339 g/mol. The molecule has 0 spiro atoms. The Morgan fingerprint density at radius 1 is 0.963 bits per heavy atom. The van der Waals surface area contributed by atoms with Gasteiger partial charge in [-0.25, -0.2) is 14.4 Å². The summed E-state index contributed by atoms with van der Waals surface area (Å²) < 4.78 is 15.8. The van der Waals surface area contributed by atoms with E-state index in [1.165, 1.54) is 17.7 Å². The number of rotatable bonds is 3. The molecule has 1 N–H and O–H groups in total. The molecule has 4 aromatic rings. The van der Waals surface area contributed by atoms with E-state index in [4.69, 9.17) is 0 Å². The summed E-state index contributed by atoms with van der Waals surface area (Å²) in [5, 5.41) is 4.41. The van der Waals surface area contributed by atoms with Gasteiger partial charge in [0.1, 0.15) is 18.0 Å². The highest BCUT2D eigenvalue weighted by Gasteiger charge is 2.18. The number of aromatic nitrogens is 3. The van der Waals surface area contributed by atoms with Crippen LogP contribution in [0, 0.1) is 33.5 Å². The van der Waals surface area contributed by atoms with Crippen molar-refractivity contribution in [1.29, 1.82) is 0 Å². The first-order valence-corrected chi connectivity index (χ1v) is 8.88. The quantitative estimate of drug-likeness (QED) is 0.522. The Bertz CT molecular complexity index is 1160. The highest BCUT2D eigenvalue weighted by atomic mass is 19.1. The zero-order valence-electron chi connectivity index (χ0n) is 15.8. The summed E-state index contributed by atoms with van der Waals surface area (Å²) in [5.74, 6) is 0.485. The van der Waals surface area contributed by atoms with Gasteiger partial charge in [0.15, 0.2) is 5.65 Å². The molecule has 0 radical (unpaired) electrons. The summed E-state index contributed by atoms with van der Waals surface area (Å²) in [5.41, 5.74) is 6.94. The lowest BCUT2D eigenvalue weighted by Gasteiger charge is -2.11. The molecular formula is C22H21FN4. The highest BCUT2D eigenvalue weighted by molar-refractivity contribution is 5.94. The van der Waals surface area contributed by atoms with Crippen molar-refractivity contribution in [2.45, 2.75) is 27.7 Å². The van der Waals surface area contributed by atoms with Crippen molar-refractivity contribution in [1.82, 2.24) is 14.5 Å². The van der Waals surface area contributed by atoms with Crippen LogP contribution in [0.1, 0.15) is 22.4 Å². The summed E-state index contributed by atoms with van der Waals surface area (Å²) in [7, 11) is 0. The predicted octanol–water partition coefficient (Wildman–Crippen LogP) is 5.54. The van der Waals surface area contributed by atoms with Crippen LogP contribution in [0.25, 0.3) is 16.7 Å². The van der Waals surface area contributed by atoms with Gasteiger partial charge < -0.3 is 5.32 Å². The first kappa shape index (κ1) is 17.2. The SMILES string of the molecule is Cc1ccc(C)c(Nc2ncnc3c2c(C)c(C)n3-c2cccc(F)c2)c1. The molecule has 0 atom stereocenters.